The lowest BCUT2D eigenvalue weighted by molar-refractivity contribution is -0.137. The predicted octanol–water partition coefficient (Wildman–Crippen LogP) is 4.13. The Morgan fingerprint density at radius 2 is 1.76 bits per heavy atom. The Bertz CT molecular complexity index is 1030. The van der Waals surface area contributed by atoms with Crippen LogP contribution in [-0.2, 0) is 6.18 Å². The van der Waals surface area contributed by atoms with Crippen molar-refractivity contribution in [2.24, 2.45) is 0 Å². The number of alkyl halides is 3. The van der Waals surface area contributed by atoms with E-state index < -0.39 is 40.6 Å². The van der Waals surface area contributed by atoms with Gasteiger partial charge in [-0.15, -0.1) is 0 Å². The topological polar surface area (TPSA) is 70.7 Å². The van der Waals surface area contributed by atoms with Gasteiger partial charge in [0.05, 0.1) is 22.7 Å². The predicted molar refractivity (Wildman–Crippen MR) is 102 cm³/mol. The standard InChI is InChI=1S/C19H15F4N3O2S/c1-18(2)16(28)25(11-4-3-10(9-24)13(7-11)19(21,22)23)17(29)26(18)12-5-6-15(27)14(20)8-12/h3-8,16,27-28H,1-2H3. The highest BCUT2D eigenvalue weighted by atomic mass is 32.1. The van der Waals surface area contributed by atoms with Gasteiger partial charge in [0.1, 0.15) is 0 Å². The third-order valence-electron chi connectivity index (χ3n) is 4.75. The molecule has 0 saturated carbocycles. The molecule has 1 fully saturated rings. The third-order valence-corrected chi connectivity index (χ3v) is 5.13. The van der Waals surface area contributed by atoms with Crippen LogP contribution in [0.5, 0.6) is 5.75 Å². The Labute approximate surface area is 169 Å². The summed E-state index contributed by atoms with van der Waals surface area (Å²) in [5.74, 6) is -1.48. The minimum atomic E-state index is -4.78. The van der Waals surface area contributed by atoms with Gasteiger partial charge in [0.25, 0.3) is 0 Å². The van der Waals surface area contributed by atoms with Crippen LogP contribution in [-0.4, -0.2) is 27.1 Å². The van der Waals surface area contributed by atoms with Crippen LogP contribution in [0.4, 0.5) is 28.9 Å². The van der Waals surface area contributed by atoms with Gasteiger partial charge in [-0.1, -0.05) is 0 Å². The number of phenolic OH excluding ortho intramolecular Hbond substituents is 1. The summed E-state index contributed by atoms with van der Waals surface area (Å²) in [6, 6.07) is 7.99. The van der Waals surface area contributed by atoms with E-state index in [0.717, 1.165) is 29.2 Å². The number of aromatic hydroxyl groups is 1. The van der Waals surface area contributed by atoms with E-state index in [1.54, 1.807) is 13.8 Å². The van der Waals surface area contributed by atoms with Crippen LogP contribution in [0.2, 0.25) is 0 Å². The molecule has 1 aliphatic rings. The summed E-state index contributed by atoms with van der Waals surface area (Å²) in [7, 11) is 0. The van der Waals surface area contributed by atoms with Crippen LogP contribution in [0.3, 0.4) is 0 Å². The Kier molecular flexibility index (Phi) is 4.93. The molecule has 1 saturated heterocycles. The second-order valence-corrected chi connectivity index (χ2v) is 7.36. The first-order chi connectivity index (χ1) is 13.4. The van der Waals surface area contributed by atoms with Crippen LogP contribution in [0, 0.1) is 17.1 Å². The molecule has 1 aliphatic heterocycles. The lowest BCUT2D eigenvalue weighted by atomic mass is 10.0. The fourth-order valence-corrected chi connectivity index (χ4v) is 3.78. The molecular formula is C19H15F4N3O2S. The number of phenols is 1. The van der Waals surface area contributed by atoms with E-state index in [9.17, 15) is 27.8 Å². The first-order valence-electron chi connectivity index (χ1n) is 8.31. The van der Waals surface area contributed by atoms with Crippen LogP contribution in [0.1, 0.15) is 25.0 Å². The molecule has 0 aliphatic carbocycles. The molecule has 0 amide bonds. The van der Waals surface area contributed by atoms with E-state index in [1.165, 1.54) is 23.1 Å². The number of hydrogen-bond acceptors (Lipinski definition) is 4. The normalized spacial score (nSPS) is 18.8. The number of thiocarbonyl (C=S) groups is 1. The highest BCUT2D eigenvalue weighted by molar-refractivity contribution is 7.80. The molecule has 1 heterocycles. The fourth-order valence-electron chi connectivity index (χ4n) is 3.23. The molecule has 0 spiro atoms. The average molecular weight is 425 g/mol. The number of nitriles is 1. The quantitative estimate of drug-likeness (QED) is 0.557. The summed E-state index contributed by atoms with van der Waals surface area (Å²) < 4.78 is 53.8. The molecule has 5 nitrogen and oxygen atoms in total. The number of benzene rings is 2. The van der Waals surface area contributed by atoms with E-state index in [4.69, 9.17) is 17.5 Å². The summed E-state index contributed by atoms with van der Waals surface area (Å²) in [4.78, 5) is 2.50. The molecule has 2 aromatic rings. The van der Waals surface area contributed by atoms with Crippen molar-refractivity contribution in [3.63, 3.8) is 0 Å². The summed E-state index contributed by atoms with van der Waals surface area (Å²) in [6.45, 7) is 3.17. The second kappa shape index (κ2) is 6.86. The monoisotopic (exact) mass is 425 g/mol. The van der Waals surface area contributed by atoms with Crippen molar-refractivity contribution >= 4 is 28.7 Å². The van der Waals surface area contributed by atoms with Crippen LogP contribution in [0.15, 0.2) is 36.4 Å². The van der Waals surface area contributed by atoms with E-state index in [0.29, 0.717) is 0 Å². The van der Waals surface area contributed by atoms with E-state index >= 15 is 0 Å². The van der Waals surface area contributed by atoms with Crippen molar-refractivity contribution in [3.8, 4) is 11.8 Å². The molecule has 0 bridgehead atoms. The van der Waals surface area contributed by atoms with Gasteiger partial charge < -0.3 is 15.1 Å². The van der Waals surface area contributed by atoms with E-state index in [1.807, 2.05) is 0 Å². The summed E-state index contributed by atoms with van der Waals surface area (Å²) >= 11 is 5.39. The number of halogens is 4. The molecule has 2 N–H and O–H groups in total. The fraction of sp³-hybridized carbons (Fsp3) is 0.263. The second-order valence-electron chi connectivity index (χ2n) is 6.99. The first kappa shape index (κ1) is 20.8. The van der Waals surface area contributed by atoms with Gasteiger partial charge >= 0.3 is 6.18 Å². The highest BCUT2D eigenvalue weighted by Gasteiger charge is 2.50. The minimum Gasteiger partial charge on any atom is -0.505 e. The van der Waals surface area contributed by atoms with Gasteiger partial charge in [-0.25, -0.2) is 4.39 Å². The zero-order valence-electron chi connectivity index (χ0n) is 15.2. The molecule has 2 aromatic carbocycles. The Morgan fingerprint density at radius 1 is 1.14 bits per heavy atom. The number of aliphatic hydroxyl groups excluding tert-OH is 1. The van der Waals surface area contributed by atoms with Crippen molar-refractivity contribution < 1.29 is 27.8 Å². The summed E-state index contributed by atoms with van der Waals surface area (Å²) in [6.07, 6.45) is -6.15. The van der Waals surface area contributed by atoms with Crippen molar-refractivity contribution in [1.82, 2.24) is 0 Å². The number of aliphatic hydroxyl groups is 1. The maximum Gasteiger partial charge on any atom is 0.417 e. The third kappa shape index (κ3) is 3.36. The van der Waals surface area contributed by atoms with E-state index in [-0.39, 0.29) is 16.5 Å². The number of anilines is 2. The van der Waals surface area contributed by atoms with Gasteiger partial charge in [-0.2, -0.15) is 18.4 Å². The van der Waals surface area contributed by atoms with Crippen molar-refractivity contribution in [3.05, 3.63) is 53.3 Å². The lowest BCUT2D eigenvalue weighted by Crippen LogP contribution is -2.47. The largest absolute Gasteiger partial charge is 0.505 e. The Morgan fingerprint density at radius 3 is 2.31 bits per heavy atom. The maximum absolute atomic E-state index is 13.8. The molecule has 10 heteroatoms. The van der Waals surface area contributed by atoms with Crippen LogP contribution >= 0.6 is 12.2 Å². The first-order valence-corrected chi connectivity index (χ1v) is 8.71. The Hall–Kier alpha value is -2.90. The van der Waals surface area contributed by atoms with Gasteiger partial charge in [0, 0.05) is 17.4 Å². The van der Waals surface area contributed by atoms with Crippen LogP contribution < -0.4 is 9.80 Å². The van der Waals surface area contributed by atoms with Crippen molar-refractivity contribution in [2.75, 3.05) is 9.80 Å². The van der Waals surface area contributed by atoms with Crippen LogP contribution in [0.25, 0.3) is 0 Å². The Balaban J connectivity index is 2.11. The van der Waals surface area contributed by atoms with Gasteiger partial charge in [0.2, 0.25) is 0 Å². The van der Waals surface area contributed by atoms with Crippen molar-refractivity contribution in [1.29, 1.82) is 5.26 Å². The van der Waals surface area contributed by atoms with E-state index in [2.05, 4.69) is 0 Å². The van der Waals surface area contributed by atoms with Crippen molar-refractivity contribution in [2.45, 2.75) is 31.8 Å². The highest BCUT2D eigenvalue weighted by Crippen LogP contribution is 2.41. The summed E-state index contributed by atoms with van der Waals surface area (Å²) in [5.41, 5.74) is -2.71. The molecule has 1 unspecified atom stereocenters. The molecule has 152 valence electrons. The zero-order chi connectivity index (χ0) is 21.7. The molecule has 3 rings (SSSR count). The number of rotatable bonds is 2. The minimum absolute atomic E-state index is 0.0644. The molecule has 1 atom stereocenters. The molecule has 29 heavy (non-hydrogen) atoms. The van der Waals surface area contributed by atoms with Gasteiger partial charge in [-0.05, 0) is 56.4 Å². The molecule has 0 radical (unpaired) electrons. The lowest BCUT2D eigenvalue weighted by Gasteiger charge is -2.33. The summed E-state index contributed by atoms with van der Waals surface area (Å²) in [5, 5.41) is 29.1. The maximum atomic E-state index is 13.8. The number of nitrogens with zero attached hydrogens (tertiary/aromatic N) is 3. The smallest absolute Gasteiger partial charge is 0.417 e. The number of hydrogen-bond donors (Lipinski definition) is 2. The van der Waals surface area contributed by atoms with Gasteiger partial charge in [0.15, 0.2) is 22.9 Å². The SMILES string of the molecule is CC1(C)C(O)N(c2ccc(C#N)c(C(F)(F)F)c2)C(=S)N1c1ccc(O)c(F)c1. The van der Waals surface area contributed by atoms with Gasteiger partial charge in [-0.3, -0.25) is 4.90 Å². The molecular weight excluding hydrogens is 410 g/mol. The zero-order valence-corrected chi connectivity index (χ0v) is 16.0. The average Bonchev–Trinajstić information content (AvgIpc) is 2.81. The molecule has 0 aromatic heterocycles.